The summed E-state index contributed by atoms with van der Waals surface area (Å²) in [4.78, 5) is 32.4. The van der Waals surface area contributed by atoms with Crippen LogP contribution in [0, 0.1) is 23.2 Å². The van der Waals surface area contributed by atoms with Gasteiger partial charge < -0.3 is 14.5 Å². The summed E-state index contributed by atoms with van der Waals surface area (Å²) >= 11 is 0. The number of amides is 2. The molecular formula is C30H25N3O4. The Labute approximate surface area is 213 Å². The SMILES string of the molecule is CC12CCC(CCOc3ccc4[nH]ccc4c3)(O1)C1C(=O)N(c3ccc(C#N)c4ccccc34)C(=O)C12. The number of ether oxygens (including phenoxy) is 2. The molecule has 3 aliphatic rings. The number of hydrogen-bond acceptors (Lipinski definition) is 5. The zero-order valence-corrected chi connectivity index (χ0v) is 20.4. The monoisotopic (exact) mass is 491 g/mol. The lowest BCUT2D eigenvalue weighted by molar-refractivity contribution is -0.131. The summed E-state index contributed by atoms with van der Waals surface area (Å²) in [6, 6.07) is 20.9. The van der Waals surface area contributed by atoms with Crippen LogP contribution in [0.2, 0.25) is 0 Å². The second-order valence-electron chi connectivity index (χ2n) is 10.6. The number of H-pyrrole nitrogens is 1. The van der Waals surface area contributed by atoms with Crippen LogP contribution < -0.4 is 9.64 Å². The highest BCUT2D eigenvalue weighted by molar-refractivity contribution is 6.26. The van der Waals surface area contributed by atoms with Gasteiger partial charge in [-0.05, 0) is 56.2 Å². The van der Waals surface area contributed by atoms with Gasteiger partial charge in [-0.3, -0.25) is 9.59 Å². The van der Waals surface area contributed by atoms with Crippen LogP contribution >= 0.6 is 0 Å². The molecule has 0 radical (unpaired) electrons. The van der Waals surface area contributed by atoms with Crippen molar-refractivity contribution in [2.75, 3.05) is 11.5 Å². The Bertz CT molecular complexity index is 1650. The van der Waals surface area contributed by atoms with Gasteiger partial charge in [-0.15, -0.1) is 0 Å². The van der Waals surface area contributed by atoms with Crippen LogP contribution in [0.5, 0.6) is 5.75 Å². The molecule has 7 nitrogen and oxygen atoms in total. The normalized spacial score (nSPS) is 28.3. The molecule has 2 bridgehead atoms. The number of fused-ring (bicyclic) bond motifs is 7. The van der Waals surface area contributed by atoms with Crippen LogP contribution in [0.3, 0.4) is 0 Å². The molecule has 3 aliphatic heterocycles. The average molecular weight is 492 g/mol. The predicted molar refractivity (Wildman–Crippen MR) is 138 cm³/mol. The third kappa shape index (κ3) is 3.03. The Morgan fingerprint density at radius 1 is 1.05 bits per heavy atom. The standard InChI is InChI=1S/C30H25N3O4/c1-29-11-12-30(37-29,13-15-36-20-7-8-23-18(16-20)10-14-32-23)26-25(29)27(34)33(28(26)35)24-9-6-19(17-31)21-4-2-3-5-22(21)24/h2-10,14,16,25-26,32H,11-13,15H2,1H3. The molecule has 0 aliphatic carbocycles. The van der Waals surface area contributed by atoms with Gasteiger partial charge in [0.1, 0.15) is 5.75 Å². The first-order chi connectivity index (χ1) is 17.9. The first-order valence-corrected chi connectivity index (χ1v) is 12.6. The summed E-state index contributed by atoms with van der Waals surface area (Å²) in [6.07, 6.45) is 3.86. The lowest BCUT2D eigenvalue weighted by Gasteiger charge is -2.31. The van der Waals surface area contributed by atoms with Gasteiger partial charge in [0, 0.05) is 34.3 Å². The molecule has 1 N–H and O–H groups in total. The Morgan fingerprint density at radius 3 is 2.70 bits per heavy atom. The van der Waals surface area contributed by atoms with Gasteiger partial charge in [0.2, 0.25) is 11.8 Å². The molecule has 4 aromatic rings. The van der Waals surface area contributed by atoms with Crippen molar-refractivity contribution in [3.63, 3.8) is 0 Å². The highest BCUT2D eigenvalue weighted by atomic mass is 16.5. The summed E-state index contributed by atoms with van der Waals surface area (Å²) in [5.74, 6) is -0.753. The van der Waals surface area contributed by atoms with Gasteiger partial charge in [-0.1, -0.05) is 24.3 Å². The zero-order chi connectivity index (χ0) is 25.4. The van der Waals surface area contributed by atoms with Gasteiger partial charge in [0.15, 0.2) is 0 Å². The number of hydrogen-bond donors (Lipinski definition) is 1. The zero-order valence-electron chi connectivity index (χ0n) is 20.4. The van der Waals surface area contributed by atoms with Crippen LogP contribution in [0.4, 0.5) is 5.69 Å². The minimum atomic E-state index is -0.735. The van der Waals surface area contributed by atoms with Crippen LogP contribution in [0.1, 0.15) is 31.7 Å². The number of benzene rings is 3. The first kappa shape index (κ1) is 22.1. The highest BCUT2D eigenvalue weighted by Gasteiger charge is 2.73. The van der Waals surface area contributed by atoms with E-state index in [9.17, 15) is 14.9 Å². The summed E-state index contributed by atoms with van der Waals surface area (Å²) in [7, 11) is 0. The van der Waals surface area contributed by atoms with Gasteiger partial charge in [0.05, 0.1) is 47.0 Å². The molecule has 4 atom stereocenters. The number of aromatic nitrogens is 1. The largest absolute Gasteiger partial charge is 0.493 e. The molecule has 0 saturated carbocycles. The first-order valence-electron chi connectivity index (χ1n) is 12.6. The fourth-order valence-corrected chi connectivity index (χ4v) is 6.89. The number of anilines is 1. The second kappa shape index (κ2) is 7.67. The molecule has 184 valence electrons. The fourth-order valence-electron chi connectivity index (χ4n) is 6.89. The van der Waals surface area contributed by atoms with Crippen molar-refractivity contribution in [1.29, 1.82) is 5.26 Å². The Hall–Kier alpha value is -4.15. The molecular weight excluding hydrogens is 466 g/mol. The number of nitrogens with one attached hydrogen (secondary N) is 1. The number of aromatic amines is 1. The van der Waals surface area contributed by atoms with Crippen LogP contribution in [0.25, 0.3) is 21.7 Å². The van der Waals surface area contributed by atoms with Crippen LogP contribution in [0.15, 0.2) is 66.9 Å². The molecule has 0 spiro atoms. The maximum Gasteiger partial charge on any atom is 0.240 e. The molecule has 3 fully saturated rings. The van der Waals surface area contributed by atoms with Gasteiger partial charge >= 0.3 is 0 Å². The fraction of sp³-hybridized carbons (Fsp3) is 0.300. The van der Waals surface area contributed by atoms with Gasteiger partial charge in [0.25, 0.3) is 0 Å². The molecule has 4 unspecified atom stereocenters. The summed E-state index contributed by atoms with van der Waals surface area (Å²) in [5, 5.41) is 12.1. The summed E-state index contributed by atoms with van der Waals surface area (Å²) in [6.45, 7) is 2.35. The van der Waals surface area contributed by atoms with Crippen molar-refractivity contribution >= 4 is 39.2 Å². The minimum absolute atomic E-state index is 0.215. The van der Waals surface area contributed by atoms with E-state index in [1.807, 2.05) is 61.7 Å². The topological polar surface area (TPSA) is 95.4 Å². The smallest absolute Gasteiger partial charge is 0.240 e. The molecule has 7 heteroatoms. The van der Waals surface area contributed by atoms with E-state index in [1.165, 1.54) is 4.90 Å². The Kier molecular flexibility index (Phi) is 4.58. The Morgan fingerprint density at radius 2 is 1.86 bits per heavy atom. The number of rotatable bonds is 5. The molecule has 7 rings (SSSR count). The van der Waals surface area contributed by atoms with E-state index in [4.69, 9.17) is 9.47 Å². The average Bonchev–Trinajstić information content (AvgIpc) is 3.63. The van der Waals surface area contributed by atoms with Crippen molar-refractivity contribution in [3.05, 3.63) is 72.4 Å². The quantitative estimate of drug-likeness (QED) is 0.393. The van der Waals surface area contributed by atoms with Crippen molar-refractivity contribution in [2.24, 2.45) is 11.8 Å². The van der Waals surface area contributed by atoms with Crippen molar-refractivity contribution in [3.8, 4) is 11.8 Å². The minimum Gasteiger partial charge on any atom is -0.493 e. The van der Waals surface area contributed by atoms with E-state index in [0.717, 1.165) is 33.8 Å². The third-order valence-electron chi connectivity index (χ3n) is 8.59. The molecule has 2 amide bonds. The molecule has 3 aromatic carbocycles. The van der Waals surface area contributed by atoms with Crippen molar-refractivity contribution in [2.45, 2.75) is 37.4 Å². The van der Waals surface area contributed by atoms with Crippen LogP contribution in [-0.2, 0) is 14.3 Å². The molecule has 3 saturated heterocycles. The van der Waals surface area contributed by atoms with Crippen LogP contribution in [-0.4, -0.2) is 34.6 Å². The number of nitriles is 1. The van der Waals surface area contributed by atoms with Crippen molar-refractivity contribution < 1.29 is 19.1 Å². The van der Waals surface area contributed by atoms with E-state index in [1.54, 1.807) is 12.1 Å². The van der Waals surface area contributed by atoms with Gasteiger partial charge in [-0.2, -0.15) is 5.26 Å². The number of imide groups is 1. The van der Waals surface area contributed by atoms with E-state index in [0.29, 0.717) is 30.7 Å². The summed E-state index contributed by atoms with van der Waals surface area (Å²) < 4.78 is 12.7. The molecule has 37 heavy (non-hydrogen) atoms. The van der Waals surface area contributed by atoms with Gasteiger partial charge in [-0.25, -0.2) is 4.90 Å². The Balaban J connectivity index is 1.20. The maximum atomic E-state index is 14.0. The highest BCUT2D eigenvalue weighted by Crippen LogP contribution is 2.62. The molecule has 1 aromatic heterocycles. The third-order valence-corrected chi connectivity index (χ3v) is 8.59. The number of carbonyl (C=O) groups is 2. The van der Waals surface area contributed by atoms with E-state index >= 15 is 0 Å². The molecule has 4 heterocycles. The lowest BCUT2D eigenvalue weighted by atomic mass is 9.67. The van der Waals surface area contributed by atoms with E-state index < -0.39 is 23.0 Å². The number of nitrogens with zero attached hydrogens (tertiary/aromatic N) is 2. The van der Waals surface area contributed by atoms with Crippen molar-refractivity contribution in [1.82, 2.24) is 4.98 Å². The van der Waals surface area contributed by atoms with E-state index in [-0.39, 0.29) is 11.8 Å². The second-order valence-corrected chi connectivity index (χ2v) is 10.6. The predicted octanol–water partition coefficient (Wildman–Crippen LogP) is 5.09. The lowest BCUT2D eigenvalue weighted by Crippen LogP contribution is -2.43. The van der Waals surface area contributed by atoms with E-state index in [2.05, 4.69) is 11.1 Å². The summed E-state index contributed by atoms with van der Waals surface area (Å²) in [5.41, 5.74) is 0.679. The maximum absolute atomic E-state index is 14.0. The number of carbonyl (C=O) groups excluding carboxylic acids is 2.